The molecule has 29 heavy (non-hydrogen) atoms. The van der Waals surface area contributed by atoms with Gasteiger partial charge in [0.15, 0.2) is 0 Å². The van der Waals surface area contributed by atoms with Crippen molar-refractivity contribution < 1.29 is 18.0 Å². The monoisotopic (exact) mass is 410 g/mol. The van der Waals surface area contributed by atoms with Crippen molar-refractivity contribution in [3.63, 3.8) is 0 Å². The highest BCUT2D eigenvalue weighted by atomic mass is 32.2. The van der Waals surface area contributed by atoms with E-state index in [4.69, 9.17) is 0 Å². The highest BCUT2D eigenvalue weighted by Gasteiger charge is 2.20. The average molecular weight is 410 g/mol. The van der Waals surface area contributed by atoms with Crippen LogP contribution < -0.4 is 10.5 Å². The van der Waals surface area contributed by atoms with E-state index in [2.05, 4.69) is 66.4 Å². The molecular formula is C22H22N2O4S. The molecule has 0 spiro atoms. The fourth-order valence-corrected chi connectivity index (χ4v) is 3.33. The Morgan fingerprint density at radius 2 is 1.24 bits per heavy atom. The van der Waals surface area contributed by atoms with Crippen LogP contribution in [-0.2, 0) is 26.0 Å². The minimum atomic E-state index is -4.02. The van der Waals surface area contributed by atoms with Crippen LogP contribution in [0.1, 0.15) is 16.7 Å². The zero-order chi connectivity index (χ0) is 21.3. The molecule has 3 rings (SSSR count). The predicted molar refractivity (Wildman–Crippen MR) is 111 cm³/mol. The first-order chi connectivity index (χ1) is 13.8. The van der Waals surface area contributed by atoms with Crippen LogP contribution in [0.4, 0.5) is 0 Å². The van der Waals surface area contributed by atoms with Gasteiger partial charge in [-0.2, -0.15) is 0 Å². The van der Waals surface area contributed by atoms with Crippen LogP contribution in [0.3, 0.4) is 0 Å². The molecule has 7 heteroatoms. The van der Waals surface area contributed by atoms with E-state index in [-0.39, 0.29) is 4.90 Å². The molecule has 0 unspecified atom stereocenters. The number of carbonyl (C=O) groups is 2. The summed E-state index contributed by atoms with van der Waals surface area (Å²) in [7, 11) is -4.02. The molecule has 3 aromatic rings. The first-order valence-corrected chi connectivity index (χ1v) is 10.3. The van der Waals surface area contributed by atoms with Gasteiger partial charge in [-0.25, -0.2) is 13.1 Å². The van der Waals surface area contributed by atoms with E-state index >= 15 is 0 Å². The van der Waals surface area contributed by atoms with Crippen molar-refractivity contribution in [3.05, 3.63) is 102 Å². The topological polar surface area (TPSA) is 106 Å². The Bertz CT molecular complexity index is 1010. The smallest absolute Gasteiger partial charge is 0.322 e. The van der Waals surface area contributed by atoms with Gasteiger partial charge in [-0.1, -0.05) is 78.4 Å². The van der Waals surface area contributed by atoms with Crippen molar-refractivity contribution in [2.24, 2.45) is 5.73 Å². The van der Waals surface area contributed by atoms with Crippen LogP contribution in [0.2, 0.25) is 0 Å². The second-order valence-corrected chi connectivity index (χ2v) is 7.94. The van der Waals surface area contributed by atoms with E-state index in [9.17, 15) is 18.0 Å². The van der Waals surface area contributed by atoms with E-state index in [0.29, 0.717) is 0 Å². The van der Waals surface area contributed by atoms with Crippen LogP contribution in [-0.4, -0.2) is 20.2 Å². The van der Waals surface area contributed by atoms with E-state index in [1.807, 2.05) is 0 Å². The average Bonchev–Trinajstić information content (AvgIpc) is 2.70. The van der Waals surface area contributed by atoms with Crippen LogP contribution in [0.5, 0.6) is 0 Å². The fourth-order valence-electron chi connectivity index (χ4n) is 2.38. The molecule has 0 saturated heterocycles. The number of hydrogen-bond donors (Lipinski definition) is 2. The lowest BCUT2D eigenvalue weighted by molar-refractivity contribution is -0.136. The van der Waals surface area contributed by atoms with Crippen molar-refractivity contribution in [2.45, 2.75) is 18.2 Å². The van der Waals surface area contributed by atoms with Crippen molar-refractivity contribution >= 4 is 21.8 Å². The Morgan fingerprint density at radius 1 is 0.793 bits per heavy atom. The molecule has 150 valence electrons. The number of nitrogens with two attached hydrogens (primary N) is 1. The Morgan fingerprint density at radius 3 is 1.66 bits per heavy atom. The molecule has 0 aromatic heterocycles. The summed E-state index contributed by atoms with van der Waals surface area (Å²) in [5, 5.41) is 0. The normalized spacial score (nSPS) is 10.4. The number of hydrogen-bond acceptors (Lipinski definition) is 4. The lowest BCUT2D eigenvalue weighted by Gasteiger charge is -2.04. The molecule has 0 radical (unpaired) electrons. The highest BCUT2D eigenvalue weighted by molar-refractivity contribution is 7.90. The number of primary amides is 1. The second-order valence-electron chi connectivity index (χ2n) is 6.26. The summed E-state index contributed by atoms with van der Waals surface area (Å²) < 4.78 is 24.6. The lowest BCUT2D eigenvalue weighted by Crippen LogP contribution is -2.39. The molecule has 0 aliphatic carbocycles. The molecule has 0 fully saturated rings. The highest BCUT2D eigenvalue weighted by Crippen LogP contribution is 2.09. The van der Waals surface area contributed by atoms with Gasteiger partial charge in [0.25, 0.3) is 10.0 Å². The van der Waals surface area contributed by atoms with Gasteiger partial charge in [0.05, 0.1) is 4.90 Å². The molecule has 0 heterocycles. The van der Waals surface area contributed by atoms with Crippen molar-refractivity contribution in [3.8, 4) is 0 Å². The van der Waals surface area contributed by atoms with Gasteiger partial charge in [0.2, 0.25) is 0 Å². The first kappa shape index (κ1) is 21.8. The first-order valence-electron chi connectivity index (χ1n) is 8.79. The van der Waals surface area contributed by atoms with Gasteiger partial charge >= 0.3 is 11.8 Å². The molecule has 0 aliphatic heterocycles. The summed E-state index contributed by atoms with van der Waals surface area (Å²) in [5.74, 6) is -2.71. The number of carbonyl (C=O) groups excluding carboxylic acids is 2. The van der Waals surface area contributed by atoms with E-state index in [0.717, 1.165) is 12.0 Å². The van der Waals surface area contributed by atoms with Gasteiger partial charge in [-0.15, -0.1) is 0 Å². The number of benzene rings is 3. The van der Waals surface area contributed by atoms with Crippen LogP contribution in [0.25, 0.3) is 0 Å². The van der Waals surface area contributed by atoms with Crippen LogP contribution in [0, 0.1) is 6.92 Å². The molecule has 3 aromatic carbocycles. The zero-order valence-electron chi connectivity index (χ0n) is 15.9. The molecule has 0 atom stereocenters. The van der Waals surface area contributed by atoms with Gasteiger partial charge in [-0.05, 0) is 36.6 Å². The zero-order valence-corrected chi connectivity index (χ0v) is 16.7. The van der Waals surface area contributed by atoms with Crippen molar-refractivity contribution in [1.29, 1.82) is 0 Å². The number of nitrogens with one attached hydrogen (secondary N) is 1. The SMILES string of the molecule is Cc1ccc(S(=O)(=O)NC(=O)C(N)=O)cc1.c1ccc(Cc2ccccc2)cc1. The van der Waals surface area contributed by atoms with Gasteiger partial charge < -0.3 is 5.73 Å². The molecule has 0 aliphatic rings. The molecule has 0 saturated carbocycles. The minimum Gasteiger partial charge on any atom is -0.361 e. The van der Waals surface area contributed by atoms with Gasteiger partial charge in [0.1, 0.15) is 0 Å². The summed E-state index contributed by atoms with van der Waals surface area (Å²) >= 11 is 0. The summed E-state index contributed by atoms with van der Waals surface area (Å²) in [6.07, 6.45) is 1.03. The molecule has 6 nitrogen and oxygen atoms in total. The standard InChI is InChI=1S/C13H12.C9H10N2O4S/c1-3-7-12(8-4-1)11-13-9-5-2-6-10-13;1-6-2-4-7(5-3-6)16(14,15)11-9(13)8(10)12/h1-10H,11H2;2-5H,1H3,(H2,10,12)(H,11,13). The Balaban J connectivity index is 0.000000211. The van der Waals surface area contributed by atoms with Gasteiger partial charge in [0, 0.05) is 0 Å². The molecule has 0 bridgehead atoms. The molecular weight excluding hydrogens is 388 g/mol. The Kier molecular flexibility index (Phi) is 7.68. The van der Waals surface area contributed by atoms with E-state index in [1.165, 1.54) is 23.3 Å². The Labute approximate surface area is 170 Å². The maximum absolute atomic E-state index is 11.5. The third kappa shape index (κ3) is 7.23. The van der Waals surface area contributed by atoms with Crippen molar-refractivity contribution in [2.75, 3.05) is 0 Å². The molecule has 2 amide bonds. The number of rotatable bonds is 4. The third-order valence-corrected chi connectivity index (χ3v) is 5.22. The summed E-state index contributed by atoms with van der Waals surface area (Å²) in [6.45, 7) is 1.79. The summed E-state index contributed by atoms with van der Waals surface area (Å²) in [6, 6.07) is 26.9. The number of amides is 2. The number of aryl methyl sites for hydroxylation is 1. The summed E-state index contributed by atoms with van der Waals surface area (Å²) in [4.78, 5) is 21.1. The minimum absolute atomic E-state index is 0.104. The van der Waals surface area contributed by atoms with Gasteiger partial charge in [-0.3, -0.25) is 9.59 Å². The van der Waals surface area contributed by atoms with E-state index in [1.54, 1.807) is 23.8 Å². The third-order valence-electron chi connectivity index (χ3n) is 3.88. The van der Waals surface area contributed by atoms with Crippen molar-refractivity contribution in [1.82, 2.24) is 4.72 Å². The van der Waals surface area contributed by atoms with E-state index < -0.39 is 21.8 Å². The maximum Gasteiger partial charge on any atom is 0.322 e. The molecule has 3 N–H and O–H groups in total. The summed E-state index contributed by atoms with van der Waals surface area (Å²) in [5.41, 5.74) is 8.24. The number of sulfonamides is 1. The largest absolute Gasteiger partial charge is 0.361 e. The maximum atomic E-state index is 11.5. The Hall–Kier alpha value is -3.45. The predicted octanol–water partition coefficient (Wildman–Crippen LogP) is 2.56. The quantitative estimate of drug-likeness (QED) is 0.645. The van der Waals surface area contributed by atoms with Crippen LogP contribution >= 0.6 is 0 Å². The van der Waals surface area contributed by atoms with Crippen LogP contribution in [0.15, 0.2) is 89.8 Å². The second kappa shape index (κ2) is 10.2. The lowest BCUT2D eigenvalue weighted by atomic mass is 10.1. The fraction of sp³-hybridized carbons (Fsp3) is 0.0909.